The molecule has 1 aliphatic heterocycles. The van der Waals surface area contributed by atoms with Crippen LogP contribution in [0.2, 0.25) is 0 Å². The van der Waals surface area contributed by atoms with Gasteiger partial charge in [0.2, 0.25) is 0 Å². The number of hydrogen-bond donors (Lipinski definition) is 4. The number of para-hydroxylation sites is 2. The first-order valence-corrected chi connectivity index (χ1v) is 7.69. The average Bonchev–Trinajstić information content (AvgIpc) is 2.54. The fraction of sp³-hybridized carbons (Fsp3) is 0.222. The second-order valence-electron chi connectivity index (χ2n) is 5.93. The molecule has 25 heavy (non-hydrogen) atoms. The van der Waals surface area contributed by atoms with Gasteiger partial charge in [0.1, 0.15) is 17.5 Å². The molecule has 7 nitrogen and oxygen atoms in total. The molecule has 0 spiro atoms. The molecule has 2 unspecified atom stereocenters. The van der Waals surface area contributed by atoms with Gasteiger partial charge in [0, 0.05) is 17.7 Å². The minimum Gasteiger partial charge on any atom is -0.508 e. The molecular formula is C18H17NO6. The Morgan fingerprint density at radius 3 is 2.04 bits per heavy atom. The van der Waals surface area contributed by atoms with Crippen LogP contribution in [0.3, 0.4) is 0 Å². The van der Waals surface area contributed by atoms with Crippen molar-refractivity contribution in [2.75, 3.05) is 6.54 Å². The number of rotatable bonds is 5. The van der Waals surface area contributed by atoms with E-state index in [0.29, 0.717) is 0 Å². The zero-order valence-corrected chi connectivity index (χ0v) is 13.2. The maximum atomic E-state index is 12.1. The fourth-order valence-corrected chi connectivity index (χ4v) is 3.42. The number of likely N-dealkylation sites (tertiary alicyclic amines) is 1. The summed E-state index contributed by atoms with van der Waals surface area (Å²) in [5.41, 5.74) is -1.43. The van der Waals surface area contributed by atoms with Gasteiger partial charge in [0.05, 0.1) is 0 Å². The average molecular weight is 343 g/mol. The van der Waals surface area contributed by atoms with Crippen molar-refractivity contribution in [2.45, 2.75) is 18.0 Å². The number of carboxylic acid groups (broad SMARTS) is 2. The minimum atomic E-state index is -1.67. The van der Waals surface area contributed by atoms with Crippen molar-refractivity contribution in [1.29, 1.82) is 0 Å². The summed E-state index contributed by atoms with van der Waals surface area (Å²) >= 11 is 0. The number of phenols is 2. The Hall–Kier alpha value is -3.06. The molecule has 130 valence electrons. The SMILES string of the molecule is O=C(O)C(c1ccccc1O)N1CCC1(C(=O)O)c1ccccc1O. The highest BCUT2D eigenvalue weighted by Crippen LogP contribution is 2.49. The van der Waals surface area contributed by atoms with E-state index in [-0.39, 0.29) is 35.6 Å². The summed E-state index contributed by atoms with van der Waals surface area (Å²) in [6.07, 6.45) is 0.150. The van der Waals surface area contributed by atoms with E-state index in [2.05, 4.69) is 0 Å². The standard InChI is InChI=1S/C18H17NO6/c20-13-7-3-1-5-11(13)15(16(22)23)19-10-9-18(19,17(24)25)12-6-2-4-8-14(12)21/h1-8,15,20-21H,9-10H2,(H,22,23)(H,24,25). The van der Waals surface area contributed by atoms with E-state index in [4.69, 9.17) is 0 Å². The number of benzene rings is 2. The molecule has 2 aromatic carbocycles. The zero-order valence-electron chi connectivity index (χ0n) is 13.2. The highest BCUT2D eigenvalue weighted by atomic mass is 16.4. The summed E-state index contributed by atoms with van der Waals surface area (Å²) in [7, 11) is 0. The summed E-state index contributed by atoms with van der Waals surface area (Å²) in [6.45, 7) is 0.200. The number of carbonyl (C=O) groups is 2. The fourth-order valence-electron chi connectivity index (χ4n) is 3.42. The Labute approximate surface area is 143 Å². The van der Waals surface area contributed by atoms with Crippen LogP contribution in [0, 0.1) is 0 Å². The first-order chi connectivity index (χ1) is 11.9. The predicted molar refractivity (Wildman–Crippen MR) is 87.2 cm³/mol. The predicted octanol–water partition coefficient (Wildman–Crippen LogP) is 1.91. The Balaban J connectivity index is 2.14. The molecule has 1 fully saturated rings. The molecule has 7 heteroatoms. The van der Waals surface area contributed by atoms with Gasteiger partial charge in [0.15, 0.2) is 5.54 Å². The minimum absolute atomic E-state index is 0.107. The molecule has 3 rings (SSSR count). The van der Waals surface area contributed by atoms with E-state index in [1.807, 2.05) is 0 Å². The second-order valence-corrected chi connectivity index (χ2v) is 5.93. The van der Waals surface area contributed by atoms with Crippen LogP contribution in [0.1, 0.15) is 23.6 Å². The Morgan fingerprint density at radius 2 is 1.56 bits per heavy atom. The van der Waals surface area contributed by atoms with Gasteiger partial charge in [-0.3, -0.25) is 9.69 Å². The Morgan fingerprint density at radius 1 is 0.960 bits per heavy atom. The third kappa shape index (κ3) is 2.49. The smallest absolute Gasteiger partial charge is 0.329 e. The molecule has 4 N–H and O–H groups in total. The molecule has 1 aliphatic rings. The Kier molecular flexibility index (Phi) is 4.10. The first kappa shape index (κ1) is 16.8. The van der Waals surface area contributed by atoms with Crippen LogP contribution < -0.4 is 0 Å². The number of carboxylic acids is 2. The van der Waals surface area contributed by atoms with Gasteiger partial charge in [-0.25, -0.2) is 4.79 Å². The van der Waals surface area contributed by atoms with Crippen LogP contribution in [-0.4, -0.2) is 43.8 Å². The number of aromatic hydroxyl groups is 2. The highest BCUT2D eigenvalue weighted by molar-refractivity contribution is 5.86. The molecule has 0 aromatic heterocycles. The second kappa shape index (κ2) is 6.10. The third-order valence-electron chi connectivity index (χ3n) is 4.69. The molecule has 2 atom stereocenters. The molecule has 0 bridgehead atoms. The van der Waals surface area contributed by atoms with E-state index >= 15 is 0 Å². The number of phenolic OH excluding ortho intramolecular Hbond substituents is 2. The summed E-state index contributed by atoms with van der Waals surface area (Å²) in [5.74, 6) is -2.96. The summed E-state index contributed by atoms with van der Waals surface area (Å²) in [5, 5.41) is 39.8. The quantitative estimate of drug-likeness (QED) is 0.655. The van der Waals surface area contributed by atoms with Gasteiger partial charge < -0.3 is 20.4 Å². The van der Waals surface area contributed by atoms with Crippen LogP contribution in [0.15, 0.2) is 48.5 Å². The van der Waals surface area contributed by atoms with Crippen molar-refractivity contribution in [3.63, 3.8) is 0 Å². The lowest BCUT2D eigenvalue weighted by Crippen LogP contribution is -2.64. The molecule has 0 amide bonds. The lowest BCUT2D eigenvalue weighted by Gasteiger charge is -2.52. The molecule has 0 radical (unpaired) electrons. The van der Waals surface area contributed by atoms with E-state index in [9.17, 15) is 30.0 Å². The molecule has 0 aliphatic carbocycles. The maximum Gasteiger partial charge on any atom is 0.329 e. The van der Waals surface area contributed by atoms with Crippen molar-refractivity contribution >= 4 is 11.9 Å². The van der Waals surface area contributed by atoms with Crippen LogP contribution in [0.4, 0.5) is 0 Å². The Bertz CT molecular complexity index is 836. The van der Waals surface area contributed by atoms with Crippen LogP contribution >= 0.6 is 0 Å². The molecular weight excluding hydrogens is 326 g/mol. The van der Waals surface area contributed by atoms with Crippen molar-refractivity contribution in [1.82, 2.24) is 4.90 Å². The molecule has 1 heterocycles. The summed E-state index contributed by atoms with van der Waals surface area (Å²) < 4.78 is 0. The number of hydrogen-bond acceptors (Lipinski definition) is 5. The van der Waals surface area contributed by atoms with Gasteiger partial charge in [0.25, 0.3) is 0 Å². The van der Waals surface area contributed by atoms with Crippen LogP contribution in [0.5, 0.6) is 11.5 Å². The monoisotopic (exact) mass is 343 g/mol. The number of nitrogens with zero attached hydrogens (tertiary/aromatic N) is 1. The van der Waals surface area contributed by atoms with E-state index < -0.39 is 23.5 Å². The summed E-state index contributed by atoms with van der Waals surface area (Å²) in [4.78, 5) is 25.3. The van der Waals surface area contributed by atoms with Gasteiger partial charge in [-0.15, -0.1) is 0 Å². The van der Waals surface area contributed by atoms with Crippen LogP contribution in [0.25, 0.3) is 0 Å². The highest BCUT2D eigenvalue weighted by Gasteiger charge is 2.58. The first-order valence-electron chi connectivity index (χ1n) is 7.69. The van der Waals surface area contributed by atoms with E-state index in [1.165, 1.54) is 29.2 Å². The van der Waals surface area contributed by atoms with E-state index in [0.717, 1.165) is 0 Å². The van der Waals surface area contributed by atoms with Crippen molar-refractivity contribution < 1.29 is 30.0 Å². The number of aliphatic carboxylic acids is 2. The topological polar surface area (TPSA) is 118 Å². The lowest BCUT2D eigenvalue weighted by molar-refractivity contribution is -0.174. The molecule has 2 aromatic rings. The van der Waals surface area contributed by atoms with Gasteiger partial charge in [-0.1, -0.05) is 36.4 Å². The van der Waals surface area contributed by atoms with Crippen molar-refractivity contribution in [3.05, 3.63) is 59.7 Å². The lowest BCUT2D eigenvalue weighted by atomic mass is 9.75. The molecule has 1 saturated heterocycles. The molecule has 0 saturated carbocycles. The van der Waals surface area contributed by atoms with Crippen LogP contribution in [-0.2, 0) is 15.1 Å². The zero-order chi connectivity index (χ0) is 18.2. The van der Waals surface area contributed by atoms with E-state index in [1.54, 1.807) is 24.3 Å². The van der Waals surface area contributed by atoms with Crippen molar-refractivity contribution in [2.24, 2.45) is 0 Å². The van der Waals surface area contributed by atoms with Gasteiger partial charge in [-0.05, 0) is 18.6 Å². The van der Waals surface area contributed by atoms with Crippen molar-refractivity contribution in [3.8, 4) is 11.5 Å². The van der Waals surface area contributed by atoms with Gasteiger partial charge in [-0.2, -0.15) is 0 Å². The third-order valence-corrected chi connectivity index (χ3v) is 4.69. The largest absolute Gasteiger partial charge is 0.508 e. The van der Waals surface area contributed by atoms with Gasteiger partial charge >= 0.3 is 11.9 Å². The summed E-state index contributed by atoms with van der Waals surface area (Å²) in [6, 6.07) is 10.6. The normalized spacial score (nSPS) is 21.3. The maximum absolute atomic E-state index is 12.1.